The fourth-order valence-corrected chi connectivity index (χ4v) is 2.43. The fraction of sp³-hybridized carbons (Fsp3) is 0.231. The third kappa shape index (κ3) is 3.67. The lowest BCUT2D eigenvalue weighted by Crippen LogP contribution is -2.26. The van der Waals surface area contributed by atoms with Gasteiger partial charge in [-0.15, -0.1) is 0 Å². The average Bonchev–Trinajstić information content (AvgIpc) is 2.46. The van der Waals surface area contributed by atoms with Crippen molar-refractivity contribution in [3.63, 3.8) is 0 Å². The van der Waals surface area contributed by atoms with Crippen LogP contribution in [0.3, 0.4) is 0 Å². The highest BCUT2D eigenvalue weighted by Crippen LogP contribution is 2.23. The van der Waals surface area contributed by atoms with Gasteiger partial charge in [0.15, 0.2) is 5.69 Å². The molecule has 0 saturated carbocycles. The Bertz CT molecular complexity index is 774. The third-order valence-electron chi connectivity index (χ3n) is 2.93. The molecule has 1 aromatic heterocycles. The second-order valence-corrected chi connectivity index (χ2v) is 6.37. The number of sulfonamides is 1. The first kappa shape index (κ1) is 15.2. The molecular formula is C13H15N3O4S. The average molecular weight is 309 g/mol. The second kappa shape index (κ2) is 6.06. The van der Waals surface area contributed by atoms with Crippen LogP contribution in [0.5, 0.6) is 0 Å². The molecule has 0 atom stereocenters. The predicted molar refractivity (Wildman–Crippen MR) is 80.0 cm³/mol. The molecular weight excluding hydrogens is 294 g/mol. The summed E-state index contributed by atoms with van der Waals surface area (Å²) < 4.78 is 25.0. The van der Waals surface area contributed by atoms with E-state index in [-0.39, 0.29) is 18.0 Å². The number of pyridine rings is 1. The second-order valence-electron chi connectivity index (χ2n) is 4.33. The zero-order valence-electron chi connectivity index (χ0n) is 11.3. The van der Waals surface area contributed by atoms with Crippen molar-refractivity contribution < 1.29 is 18.3 Å². The minimum Gasteiger partial charge on any atom is -0.477 e. The maximum Gasteiger partial charge on any atom is 0.354 e. The smallest absolute Gasteiger partial charge is 0.354 e. The predicted octanol–water partition coefficient (Wildman–Crippen LogP) is 0.894. The quantitative estimate of drug-likeness (QED) is 0.731. The number of carboxylic acids is 1. The number of fused-ring (bicyclic) bond motifs is 1. The minimum absolute atomic E-state index is 0.0901. The van der Waals surface area contributed by atoms with Gasteiger partial charge in [0.1, 0.15) is 0 Å². The zero-order valence-corrected chi connectivity index (χ0v) is 12.1. The van der Waals surface area contributed by atoms with Crippen molar-refractivity contribution in [2.45, 2.75) is 0 Å². The Kier molecular flexibility index (Phi) is 4.39. The van der Waals surface area contributed by atoms with E-state index in [9.17, 15) is 13.2 Å². The highest BCUT2D eigenvalue weighted by atomic mass is 32.2. The van der Waals surface area contributed by atoms with Crippen molar-refractivity contribution >= 4 is 32.6 Å². The summed E-state index contributed by atoms with van der Waals surface area (Å²) in [6.07, 6.45) is 0. The van der Waals surface area contributed by atoms with Crippen molar-refractivity contribution in [1.29, 1.82) is 0 Å². The van der Waals surface area contributed by atoms with Crippen LogP contribution in [0, 0.1) is 0 Å². The first-order valence-corrected chi connectivity index (χ1v) is 7.86. The van der Waals surface area contributed by atoms with E-state index in [0.29, 0.717) is 11.2 Å². The van der Waals surface area contributed by atoms with Crippen LogP contribution >= 0.6 is 0 Å². The Morgan fingerprint density at radius 2 is 2.05 bits per heavy atom. The van der Waals surface area contributed by atoms with Gasteiger partial charge in [0.2, 0.25) is 10.0 Å². The number of nitrogens with one attached hydrogen (secondary N) is 2. The van der Waals surface area contributed by atoms with Gasteiger partial charge in [0.25, 0.3) is 0 Å². The molecule has 8 heteroatoms. The monoisotopic (exact) mass is 309 g/mol. The fourth-order valence-electron chi connectivity index (χ4n) is 1.85. The van der Waals surface area contributed by atoms with E-state index in [2.05, 4.69) is 15.0 Å². The molecule has 0 spiro atoms. The number of nitrogens with zero attached hydrogens (tertiary/aromatic N) is 1. The van der Waals surface area contributed by atoms with Gasteiger partial charge in [0.05, 0.1) is 11.3 Å². The van der Waals surface area contributed by atoms with Crippen molar-refractivity contribution in [3.8, 4) is 0 Å². The summed E-state index contributed by atoms with van der Waals surface area (Å²) in [4.78, 5) is 15.1. The summed E-state index contributed by atoms with van der Waals surface area (Å²) >= 11 is 0. The molecule has 0 saturated heterocycles. The van der Waals surface area contributed by atoms with E-state index >= 15 is 0 Å². The van der Waals surface area contributed by atoms with E-state index in [1.807, 2.05) is 0 Å². The number of aromatic nitrogens is 1. The SMILES string of the molecule is CNS(=O)(=O)CCNc1cc(C(=O)O)nc2ccccc12. The number of rotatable bonds is 6. The van der Waals surface area contributed by atoms with Crippen LogP contribution in [0.25, 0.3) is 10.9 Å². The molecule has 0 aliphatic rings. The molecule has 3 N–H and O–H groups in total. The van der Waals surface area contributed by atoms with Gasteiger partial charge >= 0.3 is 5.97 Å². The number of carboxylic acid groups (broad SMARTS) is 1. The van der Waals surface area contributed by atoms with Crippen LogP contribution < -0.4 is 10.0 Å². The Morgan fingerprint density at radius 1 is 1.33 bits per heavy atom. The number of aromatic carboxylic acids is 1. The summed E-state index contributed by atoms with van der Waals surface area (Å²) in [6, 6.07) is 8.47. The van der Waals surface area contributed by atoms with E-state index in [4.69, 9.17) is 5.11 Å². The standard InChI is InChI=1S/C13H15N3O4S/c1-14-21(19,20)7-6-15-11-8-12(13(17)18)16-10-5-3-2-4-9(10)11/h2-5,8,14H,6-7H2,1H3,(H,15,16)(H,17,18). The van der Waals surface area contributed by atoms with Gasteiger partial charge < -0.3 is 10.4 Å². The van der Waals surface area contributed by atoms with Crippen LogP contribution in [-0.4, -0.2) is 43.8 Å². The van der Waals surface area contributed by atoms with Crippen molar-refractivity contribution in [2.24, 2.45) is 0 Å². The molecule has 0 unspecified atom stereocenters. The molecule has 2 aromatic rings. The number of hydrogen-bond acceptors (Lipinski definition) is 5. The lowest BCUT2D eigenvalue weighted by atomic mass is 10.1. The van der Waals surface area contributed by atoms with Gasteiger partial charge in [-0.25, -0.2) is 22.9 Å². The summed E-state index contributed by atoms with van der Waals surface area (Å²) in [6.45, 7) is 0.163. The minimum atomic E-state index is -3.31. The number of hydrogen-bond donors (Lipinski definition) is 3. The number of carbonyl (C=O) groups is 1. The number of anilines is 1. The molecule has 0 fully saturated rings. The summed E-state index contributed by atoms with van der Waals surface area (Å²) in [5, 5.41) is 12.8. The zero-order chi connectivity index (χ0) is 15.5. The summed E-state index contributed by atoms with van der Waals surface area (Å²) in [7, 11) is -1.97. The van der Waals surface area contributed by atoms with Gasteiger partial charge in [-0.2, -0.15) is 0 Å². The van der Waals surface area contributed by atoms with Crippen LogP contribution in [-0.2, 0) is 10.0 Å². The van der Waals surface area contributed by atoms with Gasteiger partial charge in [-0.3, -0.25) is 0 Å². The van der Waals surface area contributed by atoms with Crippen molar-refractivity contribution in [2.75, 3.05) is 24.7 Å². The molecule has 1 heterocycles. The molecule has 0 aliphatic carbocycles. The van der Waals surface area contributed by atoms with Gasteiger partial charge in [0, 0.05) is 17.6 Å². The van der Waals surface area contributed by atoms with Crippen LogP contribution in [0.2, 0.25) is 0 Å². The first-order valence-electron chi connectivity index (χ1n) is 6.21. The maximum atomic E-state index is 11.4. The third-order valence-corrected chi connectivity index (χ3v) is 4.30. The number of para-hydroxylation sites is 1. The Balaban J connectivity index is 2.31. The van der Waals surface area contributed by atoms with Gasteiger partial charge in [-0.05, 0) is 19.2 Å². The topological polar surface area (TPSA) is 108 Å². The normalized spacial score (nSPS) is 11.5. The van der Waals surface area contributed by atoms with Gasteiger partial charge in [-0.1, -0.05) is 18.2 Å². The molecule has 0 radical (unpaired) electrons. The molecule has 0 bridgehead atoms. The van der Waals surface area contributed by atoms with E-state index in [1.165, 1.54) is 13.1 Å². The lowest BCUT2D eigenvalue weighted by Gasteiger charge is -2.10. The molecule has 112 valence electrons. The molecule has 1 aromatic carbocycles. The van der Waals surface area contributed by atoms with Crippen LogP contribution in [0.15, 0.2) is 30.3 Å². The molecule has 21 heavy (non-hydrogen) atoms. The Hall–Kier alpha value is -2.19. The van der Waals surface area contributed by atoms with Crippen molar-refractivity contribution in [3.05, 3.63) is 36.0 Å². The highest BCUT2D eigenvalue weighted by Gasteiger charge is 2.11. The molecule has 7 nitrogen and oxygen atoms in total. The first-order chi connectivity index (χ1) is 9.93. The summed E-state index contributed by atoms with van der Waals surface area (Å²) in [5.74, 6) is -1.24. The highest BCUT2D eigenvalue weighted by molar-refractivity contribution is 7.89. The van der Waals surface area contributed by atoms with E-state index in [0.717, 1.165) is 5.39 Å². The number of benzene rings is 1. The molecule has 0 aliphatic heterocycles. The Morgan fingerprint density at radius 3 is 2.71 bits per heavy atom. The van der Waals surface area contributed by atoms with E-state index in [1.54, 1.807) is 24.3 Å². The maximum absolute atomic E-state index is 11.4. The molecule has 0 amide bonds. The summed E-state index contributed by atoms with van der Waals surface area (Å²) in [5.41, 5.74) is 0.994. The Labute approximate surface area is 122 Å². The van der Waals surface area contributed by atoms with Crippen LogP contribution in [0.4, 0.5) is 5.69 Å². The van der Waals surface area contributed by atoms with Crippen LogP contribution in [0.1, 0.15) is 10.5 Å². The van der Waals surface area contributed by atoms with E-state index < -0.39 is 16.0 Å². The largest absolute Gasteiger partial charge is 0.477 e. The molecule has 2 rings (SSSR count). The van der Waals surface area contributed by atoms with Crippen molar-refractivity contribution in [1.82, 2.24) is 9.71 Å². The lowest BCUT2D eigenvalue weighted by molar-refractivity contribution is 0.0691.